The van der Waals surface area contributed by atoms with Crippen molar-refractivity contribution in [3.05, 3.63) is 45.2 Å². The first-order valence-electron chi connectivity index (χ1n) is 8.06. The van der Waals surface area contributed by atoms with Gasteiger partial charge < -0.3 is 9.72 Å². The van der Waals surface area contributed by atoms with Gasteiger partial charge in [0.25, 0.3) is 0 Å². The van der Waals surface area contributed by atoms with Crippen LogP contribution in [0.2, 0.25) is 0 Å². The number of pyridine rings is 1. The predicted octanol–water partition coefficient (Wildman–Crippen LogP) is 2.86. The molecule has 0 atom stereocenters. The van der Waals surface area contributed by atoms with Gasteiger partial charge in [0.05, 0.1) is 12.2 Å². The summed E-state index contributed by atoms with van der Waals surface area (Å²) in [4.78, 5) is 30.2. The highest BCUT2D eigenvalue weighted by Crippen LogP contribution is 2.15. The van der Waals surface area contributed by atoms with E-state index in [1.54, 1.807) is 25.1 Å². The molecule has 1 aromatic carbocycles. The van der Waals surface area contributed by atoms with Crippen molar-refractivity contribution in [3.63, 3.8) is 0 Å². The first-order valence-corrected chi connectivity index (χ1v) is 8.06. The van der Waals surface area contributed by atoms with Gasteiger partial charge in [0.2, 0.25) is 0 Å². The second kappa shape index (κ2) is 7.42. The Morgan fingerprint density at radius 1 is 1.22 bits per heavy atom. The van der Waals surface area contributed by atoms with Crippen molar-refractivity contribution >= 4 is 16.9 Å². The molecule has 0 aliphatic carbocycles. The zero-order valence-electron chi connectivity index (χ0n) is 14.2. The van der Waals surface area contributed by atoms with Gasteiger partial charge in [0.1, 0.15) is 0 Å². The molecule has 2 aromatic rings. The fourth-order valence-corrected chi connectivity index (χ4v) is 2.65. The van der Waals surface area contributed by atoms with E-state index in [1.165, 1.54) is 0 Å². The molecule has 2 rings (SSSR count). The molecule has 0 aliphatic heterocycles. The molecule has 1 heterocycles. The molecule has 0 fully saturated rings. The van der Waals surface area contributed by atoms with Gasteiger partial charge in [-0.05, 0) is 45.1 Å². The first kappa shape index (κ1) is 17.2. The quantitative estimate of drug-likeness (QED) is 0.832. The third-order valence-corrected chi connectivity index (χ3v) is 4.10. The van der Waals surface area contributed by atoms with E-state index in [9.17, 15) is 9.59 Å². The third-order valence-electron chi connectivity index (χ3n) is 4.10. The first-order chi connectivity index (χ1) is 11.0. The third kappa shape index (κ3) is 3.62. The number of carbonyl (C=O) groups excluding carboxylic acids is 1. The Kier molecular flexibility index (Phi) is 5.55. The summed E-state index contributed by atoms with van der Waals surface area (Å²) in [5.74, 6) is -0.403. The number of rotatable bonds is 6. The van der Waals surface area contributed by atoms with Gasteiger partial charge in [-0.15, -0.1) is 0 Å². The normalized spacial score (nSPS) is 11.2. The lowest BCUT2D eigenvalue weighted by molar-refractivity contribution is 0.0526. The van der Waals surface area contributed by atoms with Gasteiger partial charge in [0.15, 0.2) is 5.43 Å². The minimum atomic E-state index is -0.403. The molecule has 0 bridgehead atoms. The molecule has 23 heavy (non-hydrogen) atoms. The summed E-state index contributed by atoms with van der Waals surface area (Å²) in [6, 6.07) is 5.06. The fraction of sp³-hybridized carbons (Fsp3) is 0.444. The predicted molar refractivity (Wildman–Crippen MR) is 91.9 cm³/mol. The summed E-state index contributed by atoms with van der Waals surface area (Å²) in [6.07, 6.45) is 0. The molecule has 0 unspecified atom stereocenters. The van der Waals surface area contributed by atoms with Gasteiger partial charge in [0, 0.05) is 28.7 Å². The molecule has 1 aromatic heterocycles. The van der Waals surface area contributed by atoms with Crippen LogP contribution in [0.5, 0.6) is 0 Å². The maximum Gasteiger partial charge on any atom is 0.338 e. The molecule has 5 heteroatoms. The fourth-order valence-electron chi connectivity index (χ4n) is 2.65. The lowest BCUT2D eigenvalue weighted by Crippen LogP contribution is -2.27. The topological polar surface area (TPSA) is 62.4 Å². The lowest BCUT2D eigenvalue weighted by Gasteiger charge is -2.19. The van der Waals surface area contributed by atoms with Gasteiger partial charge in [-0.3, -0.25) is 9.69 Å². The van der Waals surface area contributed by atoms with Crippen LogP contribution in [0.4, 0.5) is 0 Å². The average molecular weight is 316 g/mol. The number of fused-ring (bicyclic) bond motifs is 1. The number of nitrogens with zero attached hydrogens (tertiary/aromatic N) is 1. The van der Waals surface area contributed by atoms with Gasteiger partial charge >= 0.3 is 5.97 Å². The minimum absolute atomic E-state index is 0.0192. The zero-order valence-corrected chi connectivity index (χ0v) is 14.2. The van der Waals surface area contributed by atoms with Crippen LogP contribution in [0, 0.1) is 6.92 Å². The SMILES string of the molecule is CCOC(=O)c1ccc2[nH]c(C)c(CN(CC)CC)c(=O)c2c1. The number of esters is 1. The standard InChI is InChI=1S/C18H24N2O3/c1-5-20(6-2)11-15-12(4)19-16-9-8-13(18(22)23-7-3)10-14(16)17(15)21/h8-10H,5-7,11H2,1-4H3,(H,19,21). The van der Waals surface area contributed by atoms with E-state index in [0.29, 0.717) is 24.1 Å². The monoisotopic (exact) mass is 316 g/mol. The van der Waals surface area contributed by atoms with Crippen molar-refractivity contribution < 1.29 is 9.53 Å². The molecular formula is C18H24N2O3. The van der Waals surface area contributed by atoms with Crippen LogP contribution in [-0.2, 0) is 11.3 Å². The number of H-pyrrole nitrogens is 1. The molecule has 0 saturated heterocycles. The van der Waals surface area contributed by atoms with Crippen molar-refractivity contribution in [2.45, 2.75) is 34.2 Å². The Hall–Kier alpha value is -2.14. The van der Waals surface area contributed by atoms with Gasteiger partial charge in [-0.2, -0.15) is 0 Å². The van der Waals surface area contributed by atoms with Crippen LogP contribution in [0.3, 0.4) is 0 Å². The maximum absolute atomic E-state index is 12.9. The van der Waals surface area contributed by atoms with E-state index in [2.05, 4.69) is 23.7 Å². The van der Waals surface area contributed by atoms with E-state index in [4.69, 9.17) is 4.74 Å². The van der Waals surface area contributed by atoms with Crippen LogP contribution >= 0.6 is 0 Å². The average Bonchev–Trinajstić information content (AvgIpc) is 2.55. The number of aromatic amines is 1. The second-order valence-corrected chi connectivity index (χ2v) is 5.50. The molecule has 1 N–H and O–H groups in total. The van der Waals surface area contributed by atoms with Gasteiger partial charge in [-0.25, -0.2) is 4.79 Å². The van der Waals surface area contributed by atoms with E-state index >= 15 is 0 Å². The summed E-state index contributed by atoms with van der Waals surface area (Å²) < 4.78 is 5.01. The number of aryl methyl sites for hydroxylation is 1. The summed E-state index contributed by atoms with van der Waals surface area (Å²) in [6.45, 7) is 10.5. The van der Waals surface area contributed by atoms with Crippen LogP contribution in [-0.4, -0.2) is 35.5 Å². The molecule has 5 nitrogen and oxygen atoms in total. The molecule has 0 amide bonds. The lowest BCUT2D eigenvalue weighted by atomic mass is 10.1. The smallest absolute Gasteiger partial charge is 0.338 e. The Bertz CT molecular complexity index is 761. The van der Waals surface area contributed by atoms with E-state index < -0.39 is 5.97 Å². The summed E-state index contributed by atoms with van der Waals surface area (Å²) in [7, 11) is 0. The molecule has 0 saturated carbocycles. The molecule has 124 valence electrons. The summed E-state index contributed by atoms with van der Waals surface area (Å²) in [5, 5.41) is 0.531. The Labute approximate surface area is 136 Å². The zero-order chi connectivity index (χ0) is 17.0. The number of benzene rings is 1. The van der Waals surface area contributed by atoms with Crippen LogP contribution in [0.15, 0.2) is 23.0 Å². The number of hydrogen-bond donors (Lipinski definition) is 1. The Balaban J connectivity index is 2.53. The Morgan fingerprint density at radius 3 is 2.52 bits per heavy atom. The largest absolute Gasteiger partial charge is 0.462 e. The van der Waals surface area contributed by atoms with E-state index in [-0.39, 0.29) is 5.43 Å². The second-order valence-electron chi connectivity index (χ2n) is 5.50. The maximum atomic E-state index is 12.9. The molecular weight excluding hydrogens is 292 g/mol. The van der Waals surface area contributed by atoms with Crippen molar-refractivity contribution in [1.82, 2.24) is 9.88 Å². The number of carbonyl (C=O) groups is 1. The number of ether oxygens (including phenoxy) is 1. The molecule has 0 aliphatic rings. The highest BCUT2D eigenvalue weighted by Gasteiger charge is 2.14. The number of hydrogen-bond acceptors (Lipinski definition) is 4. The van der Waals surface area contributed by atoms with Crippen LogP contribution in [0.25, 0.3) is 10.9 Å². The number of aromatic nitrogens is 1. The summed E-state index contributed by atoms with van der Waals surface area (Å²) >= 11 is 0. The van der Waals surface area contributed by atoms with Crippen molar-refractivity contribution in [3.8, 4) is 0 Å². The van der Waals surface area contributed by atoms with Crippen LogP contribution in [0.1, 0.15) is 42.4 Å². The van der Waals surface area contributed by atoms with Crippen molar-refractivity contribution in [2.75, 3.05) is 19.7 Å². The van der Waals surface area contributed by atoms with Crippen molar-refractivity contribution in [2.24, 2.45) is 0 Å². The molecule has 0 radical (unpaired) electrons. The molecule has 0 spiro atoms. The van der Waals surface area contributed by atoms with Gasteiger partial charge in [-0.1, -0.05) is 13.8 Å². The number of nitrogens with one attached hydrogen (secondary N) is 1. The van der Waals surface area contributed by atoms with Crippen molar-refractivity contribution in [1.29, 1.82) is 0 Å². The minimum Gasteiger partial charge on any atom is -0.462 e. The van der Waals surface area contributed by atoms with E-state index in [1.807, 2.05) is 6.92 Å². The van der Waals surface area contributed by atoms with Crippen LogP contribution < -0.4 is 5.43 Å². The summed E-state index contributed by atoms with van der Waals surface area (Å²) in [5.41, 5.74) is 2.75. The Morgan fingerprint density at radius 2 is 1.91 bits per heavy atom. The van der Waals surface area contributed by atoms with E-state index in [0.717, 1.165) is 29.9 Å². The highest BCUT2D eigenvalue weighted by molar-refractivity contribution is 5.94. The highest BCUT2D eigenvalue weighted by atomic mass is 16.5.